The highest BCUT2D eigenvalue weighted by Crippen LogP contribution is 2.23. The number of ether oxygens (including phenoxy) is 1. The average molecular weight is 261 g/mol. The van der Waals surface area contributed by atoms with E-state index in [9.17, 15) is 14.4 Å². The first-order chi connectivity index (χ1) is 8.39. The molecule has 0 saturated carbocycles. The Morgan fingerprint density at radius 1 is 1.22 bits per heavy atom. The van der Waals surface area contributed by atoms with E-state index in [1.165, 1.54) is 7.05 Å². The van der Waals surface area contributed by atoms with Gasteiger partial charge in [0, 0.05) is 27.2 Å². The molecule has 1 atom stereocenters. The zero-order valence-corrected chi connectivity index (χ0v) is 10.0. The molecule has 1 aliphatic heterocycles. The summed E-state index contributed by atoms with van der Waals surface area (Å²) >= 11 is 0. The van der Waals surface area contributed by atoms with E-state index in [1.54, 1.807) is 0 Å². The molecule has 1 saturated heterocycles. The maximum absolute atomic E-state index is 11.8. The van der Waals surface area contributed by atoms with Crippen molar-refractivity contribution in [2.45, 2.75) is 5.72 Å². The lowest BCUT2D eigenvalue weighted by molar-refractivity contribution is -0.178. The molecule has 1 rings (SSSR count). The van der Waals surface area contributed by atoms with Gasteiger partial charge in [0.15, 0.2) is 0 Å². The van der Waals surface area contributed by atoms with Gasteiger partial charge in [-0.05, 0) is 0 Å². The number of carbonyl (C=O) groups excluding carboxylic acids is 1. The van der Waals surface area contributed by atoms with Gasteiger partial charge >= 0.3 is 12.2 Å². The highest BCUT2D eigenvalue weighted by molar-refractivity contribution is 5.89. The van der Waals surface area contributed by atoms with E-state index in [0.717, 1.165) is 16.9 Å². The average Bonchev–Trinajstić information content (AvgIpc) is 2.36. The molecule has 0 spiro atoms. The Bertz CT molecular complexity index is 373. The lowest BCUT2D eigenvalue weighted by Gasteiger charge is -2.45. The van der Waals surface area contributed by atoms with Crippen LogP contribution in [0.4, 0.5) is 9.59 Å². The molecular weight excluding hydrogens is 246 g/mol. The van der Waals surface area contributed by atoms with Crippen LogP contribution < -0.4 is 5.32 Å². The summed E-state index contributed by atoms with van der Waals surface area (Å²) in [6, 6.07) is 0. The third kappa shape index (κ3) is 2.16. The van der Waals surface area contributed by atoms with Gasteiger partial charge in [0.05, 0.1) is 6.54 Å². The van der Waals surface area contributed by atoms with Crippen LogP contribution in [0.15, 0.2) is 0 Å². The SMILES string of the molecule is CNC(=O)[C@]1(OC)CN(C(=O)O)CCN1C(=O)O. The predicted octanol–water partition coefficient (Wildman–Crippen LogP) is -0.951. The molecule has 1 aliphatic rings. The summed E-state index contributed by atoms with van der Waals surface area (Å²) in [6.45, 7) is -0.516. The number of methoxy groups -OCH3 is 1. The Kier molecular flexibility index (Phi) is 3.96. The van der Waals surface area contributed by atoms with Gasteiger partial charge < -0.3 is 25.2 Å². The van der Waals surface area contributed by atoms with E-state index >= 15 is 0 Å². The number of nitrogens with one attached hydrogen (secondary N) is 1. The summed E-state index contributed by atoms with van der Waals surface area (Å²) in [5, 5.41) is 20.3. The van der Waals surface area contributed by atoms with Crippen molar-refractivity contribution in [1.82, 2.24) is 15.1 Å². The number of amides is 3. The molecule has 102 valence electrons. The van der Waals surface area contributed by atoms with Crippen molar-refractivity contribution >= 4 is 18.1 Å². The standard InChI is InChI=1S/C9H15N3O6/c1-10-6(13)9(18-2)5-11(7(14)15)3-4-12(9)8(16)17/h3-5H2,1-2H3,(H,10,13)(H,14,15)(H,16,17)/t9-/m1/s1. The molecule has 0 unspecified atom stereocenters. The van der Waals surface area contributed by atoms with Gasteiger partial charge in [0.25, 0.3) is 5.91 Å². The molecule has 9 heteroatoms. The van der Waals surface area contributed by atoms with Gasteiger partial charge in [-0.2, -0.15) is 0 Å². The maximum Gasteiger partial charge on any atom is 0.410 e. The van der Waals surface area contributed by atoms with Crippen LogP contribution in [0.5, 0.6) is 0 Å². The second kappa shape index (κ2) is 5.08. The number of rotatable bonds is 2. The third-order valence-electron chi connectivity index (χ3n) is 2.86. The van der Waals surface area contributed by atoms with E-state index < -0.39 is 23.8 Å². The molecule has 1 fully saturated rings. The van der Waals surface area contributed by atoms with Crippen molar-refractivity contribution in [3.63, 3.8) is 0 Å². The van der Waals surface area contributed by atoms with E-state index in [0.29, 0.717) is 0 Å². The molecule has 9 nitrogen and oxygen atoms in total. The summed E-state index contributed by atoms with van der Waals surface area (Å²) in [7, 11) is 2.49. The molecule has 0 bridgehead atoms. The summed E-state index contributed by atoms with van der Waals surface area (Å²) in [5.41, 5.74) is -1.85. The first-order valence-corrected chi connectivity index (χ1v) is 5.15. The van der Waals surface area contributed by atoms with E-state index in [2.05, 4.69) is 5.32 Å². The minimum absolute atomic E-state index is 0.0102. The Hall–Kier alpha value is -2.03. The number of carboxylic acid groups (broad SMARTS) is 2. The summed E-state index contributed by atoms with van der Waals surface area (Å²) < 4.78 is 5.01. The maximum atomic E-state index is 11.8. The van der Waals surface area contributed by atoms with Crippen molar-refractivity contribution in [3.8, 4) is 0 Å². The van der Waals surface area contributed by atoms with Crippen molar-refractivity contribution < 1.29 is 29.3 Å². The third-order valence-corrected chi connectivity index (χ3v) is 2.86. The largest absolute Gasteiger partial charge is 0.465 e. The van der Waals surface area contributed by atoms with Crippen LogP contribution in [0.2, 0.25) is 0 Å². The van der Waals surface area contributed by atoms with Gasteiger partial charge in [0.1, 0.15) is 0 Å². The van der Waals surface area contributed by atoms with Crippen molar-refractivity contribution in [2.24, 2.45) is 0 Å². The lowest BCUT2D eigenvalue weighted by atomic mass is 10.1. The van der Waals surface area contributed by atoms with Gasteiger partial charge in [0.2, 0.25) is 5.72 Å². The molecule has 0 aromatic rings. The van der Waals surface area contributed by atoms with Crippen molar-refractivity contribution in [2.75, 3.05) is 33.8 Å². The number of hydrogen-bond acceptors (Lipinski definition) is 4. The van der Waals surface area contributed by atoms with Gasteiger partial charge in [-0.3, -0.25) is 9.69 Å². The van der Waals surface area contributed by atoms with Crippen LogP contribution in [0.1, 0.15) is 0 Å². The van der Waals surface area contributed by atoms with Crippen LogP contribution in [-0.2, 0) is 9.53 Å². The smallest absolute Gasteiger partial charge is 0.410 e. The second-order valence-corrected chi connectivity index (χ2v) is 3.71. The van der Waals surface area contributed by atoms with Crippen LogP contribution >= 0.6 is 0 Å². The minimum Gasteiger partial charge on any atom is -0.465 e. The quantitative estimate of drug-likeness (QED) is 0.589. The summed E-state index contributed by atoms with van der Waals surface area (Å²) in [4.78, 5) is 35.6. The first kappa shape index (κ1) is 14.0. The Morgan fingerprint density at radius 2 is 1.83 bits per heavy atom. The second-order valence-electron chi connectivity index (χ2n) is 3.71. The Morgan fingerprint density at radius 3 is 2.22 bits per heavy atom. The fraction of sp³-hybridized carbons (Fsp3) is 0.667. The molecule has 3 amide bonds. The highest BCUT2D eigenvalue weighted by Gasteiger charge is 2.51. The molecule has 3 N–H and O–H groups in total. The zero-order chi connectivity index (χ0) is 13.9. The van der Waals surface area contributed by atoms with Crippen LogP contribution in [0.3, 0.4) is 0 Å². The van der Waals surface area contributed by atoms with Gasteiger partial charge in [-0.15, -0.1) is 0 Å². The number of likely N-dealkylation sites (N-methyl/N-ethyl adjacent to an activating group) is 1. The molecule has 1 heterocycles. The fourth-order valence-electron chi connectivity index (χ4n) is 1.89. The van der Waals surface area contributed by atoms with Crippen LogP contribution in [0.25, 0.3) is 0 Å². The predicted molar refractivity (Wildman–Crippen MR) is 58.1 cm³/mol. The molecule has 0 aromatic heterocycles. The molecule has 0 radical (unpaired) electrons. The lowest BCUT2D eigenvalue weighted by Crippen LogP contribution is -2.71. The Labute approximate surface area is 103 Å². The number of hydrogen-bond donors (Lipinski definition) is 3. The zero-order valence-electron chi connectivity index (χ0n) is 10.0. The normalized spacial score (nSPS) is 23.7. The van der Waals surface area contributed by atoms with E-state index in [4.69, 9.17) is 14.9 Å². The topological polar surface area (TPSA) is 119 Å². The number of carbonyl (C=O) groups is 3. The molecule has 0 aliphatic carbocycles. The van der Waals surface area contributed by atoms with Gasteiger partial charge in [-0.25, -0.2) is 9.59 Å². The van der Waals surface area contributed by atoms with Crippen LogP contribution in [-0.4, -0.2) is 77.6 Å². The van der Waals surface area contributed by atoms with E-state index in [1.807, 2.05) is 0 Å². The van der Waals surface area contributed by atoms with Gasteiger partial charge in [-0.1, -0.05) is 0 Å². The molecule has 0 aromatic carbocycles. The highest BCUT2D eigenvalue weighted by atomic mass is 16.5. The van der Waals surface area contributed by atoms with E-state index in [-0.39, 0.29) is 19.6 Å². The Balaban J connectivity index is 3.13. The minimum atomic E-state index is -1.85. The van der Waals surface area contributed by atoms with Crippen LogP contribution in [0, 0.1) is 0 Å². The fourth-order valence-corrected chi connectivity index (χ4v) is 1.89. The first-order valence-electron chi connectivity index (χ1n) is 5.15. The van der Waals surface area contributed by atoms with Crippen molar-refractivity contribution in [3.05, 3.63) is 0 Å². The summed E-state index contributed by atoms with van der Waals surface area (Å²) in [6.07, 6.45) is -2.57. The summed E-state index contributed by atoms with van der Waals surface area (Å²) in [5.74, 6) is -0.710. The molecule has 18 heavy (non-hydrogen) atoms. The number of piperazine rings is 1. The van der Waals surface area contributed by atoms with Crippen molar-refractivity contribution in [1.29, 1.82) is 0 Å². The monoisotopic (exact) mass is 261 g/mol. The number of nitrogens with zero attached hydrogens (tertiary/aromatic N) is 2. The molecular formula is C9H15N3O6.